The van der Waals surface area contributed by atoms with Crippen LogP contribution in [0.15, 0.2) is 17.1 Å². The van der Waals surface area contributed by atoms with Gasteiger partial charge in [0.25, 0.3) is 0 Å². The van der Waals surface area contributed by atoms with E-state index in [0.29, 0.717) is 0 Å². The summed E-state index contributed by atoms with van der Waals surface area (Å²) in [5, 5.41) is 9.35. The molecule has 3 nitrogen and oxygen atoms in total. The second-order valence-corrected chi connectivity index (χ2v) is 7.56. The van der Waals surface area contributed by atoms with Gasteiger partial charge in [-0.2, -0.15) is 0 Å². The van der Waals surface area contributed by atoms with E-state index in [1.54, 1.807) is 0 Å². The maximum Gasteiger partial charge on any atom is 0.198 e. The van der Waals surface area contributed by atoms with Crippen molar-refractivity contribution < 1.29 is 9.59 Å². The first-order chi connectivity index (χ1) is 12.3. The minimum absolute atomic E-state index is 0.276. The highest BCUT2D eigenvalue weighted by Gasteiger charge is 2.35. The van der Waals surface area contributed by atoms with Crippen LogP contribution in [0.25, 0.3) is 0 Å². The maximum absolute atomic E-state index is 9.35. The van der Waals surface area contributed by atoms with Crippen LogP contribution >= 0.6 is 0 Å². The van der Waals surface area contributed by atoms with E-state index in [1.807, 2.05) is 0 Å². The molecule has 1 aliphatic heterocycles. The maximum atomic E-state index is 9.35. The molecule has 1 N–H and O–H groups in total. The summed E-state index contributed by atoms with van der Waals surface area (Å²) < 4.78 is 0.942. The molecule has 0 radical (unpaired) electrons. The lowest BCUT2D eigenvalue weighted by molar-refractivity contribution is -0.835. The number of aliphatic hydroxyl groups excluding tert-OH is 1. The van der Waals surface area contributed by atoms with E-state index in [1.165, 1.54) is 76.5 Å². The topological polar surface area (TPSA) is 32.6 Å². The largest absolute Gasteiger partial charge is 0.390 e. The van der Waals surface area contributed by atoms with Gasteiger partial charge in [-0.1, -0.05) is 57.6 Å². The van der Waals surface area contributed by atoms with Crippen molar-refractivity contribution in [1.82, 2.24) is 0 Å². The third kappa shape index (κ3) is 9.01. The normalized spacial score (nSPS) is 20.5. The van der Waals surface area contributed by atoms with Crippen molar-refractivity contribution in [2.45, 2.75) is 90.9 Å². The second-order valence-electron chi connectivity index (χ2n) is 7.56. The molecule has 0 aliphatic carbocycles. The Bertz CT molecular complexity index is 378. The summed E-state index contributed by atoms with van der Waals surface area (Å²) in [5.41, 5.74) is 0. The number of aliphatic imine (C=N–C) groups is 1. The molecule has 0 aromatic rings. The molecule has 0 aromatic carbocycles. The van der Waals surface area contributed by atoms with Crippen LogP contribution < -0.4 is 0 Å². The van der Waals surface area contributed by atoms with Crippen molar-refractivity contribution in [3.05, 3.63) is 12.2 Å². The number of aliphatic hydroxyl groups is 1. The van der Waals surface area contributed by atoms with E-state index in [2.05, 4.69) is 26.0 Å². The SMILES string of the molecule is CCCCCCC/C=C/CCCCCCC1=NCC[N+]1(CC)CCO. The van der Waals surface area contributed by atoms with E-state index in [9.17, 15) is 5.11 Å². The van der Waals surface area contributed by atoms with E-state index in [0.717, 1.165) is 37.1 Å². The zero-order chi connectivity index (χ0) is 18.2. The molecule has 0 spiro atoms. The predicted molar refractivity (Wildman–Crippen MR) is 110 cm³/mol. The summed E-state index contributed by atoms with van der Waals surface area (Å²) in [7, 11) is 0. The summed E-state index contributed by atoms with van der Waals surface area (Å²) in [6.07, 6.45) is 20.6. The number of quaternary nitrogens is 1. The zero-order valence-electron chi connectivity index (χ0n) is 17.0. The van der Waals surface area contributed by atoms with Crippen LogP contribution in [0, 0.1) is 0 Å². The van der Waals surface area contributed by atoms with Gasteiger partial charge in [-0.05, 0) is 39.0 Å². The fourth-order valence-electron chi connectivity index (χ4n) is 3.90. The lowest BCUT2D eigenvalue weighted by atomic mass is 10.1. The third-order valence-corrected chi connectivity index (χ3v) is 5.67. The number of hydrogen-bond acceptors (Lipinski definition) is 2. The highest BCUT2D eigenvalue weighted by atomic mass is 16.3. The summed E-state index contributed by atoms with van der Waals surface area (Å²) in [6, 6.07) is 0. The fourth-order valence-corrected chi connectivity index (χ4v) is 3.90. The van der Waals surface area contributed by atoms with Crippen molar-refractivity contribution in [3.8, 4) is 0 Å². The molecule has 1 rings (SSSR count). The quantitative estimate of drug-likeness (QED) is 0.223. The Labute approximate surface area is 156 Å². The van der Waals surface area contributed by atoms with Crippen LogP contribution in [0.5, 0.6) is 0 Å². The Hall–Kier alpha value is -0.670. The Kier molecular flexibility index (Phi) is 13.0. The van der Waals surface area contributed by atoms with Crippen molar-refractivity contribution in [2.75, 3.05) is 32.8 Å². The minimum atomic E-state index is 0.276. The molecule has 1 atom stereocenters. The van der Waals surface area contributed by atoms with Crippen molar-refractivity contribution >= 4 is 5.84 Å². The van der Waals surface area contributed by atoms with Crippen molar-refractivity contribution in [2.24, 2.45) is 4.99 Å². The highest BCUT2D eigenvalue weighted by Crippen LogP contribution is 2.19. The lowest BCUT2D eigenvalue weighted by Gasteiger charge is -2.33. The van der Waals surface area contributed by atoms with Gasteiger partial charge in [-0.25, -0.2) is 4.99 Å². The standard InChI is InChI=1S/C22H43N2O/c1-3-5-6-7-8-9-10-11-12-13-14-15-16-17-22-23-18-19-24(22,4-2)20-21-25/h10-11,25H,3-9,12-21H2,1-2H3/q+1/b11-10+. The predicted octanol–water partition coefficient (Wildman–Crippen LogP) is 5.48. The molecule has 0 aromatic heterocycles. The Balaban J connectivity index is 2.00. The van der Waals surface area contributed by atoms with E-state index in [4.69, 9.17) is 4.99 Å². The molecule has 1 unspecified atom stereocenters. The van der Waals surface area contributed by atoms with Gasteiger partial charge >= 0.3 is 0 Å². The summed E-state index contributed by atoms with van der Waals surface area (Å²) in [6.45, 7) is 8.74. The van der Waals surface area contributed by atoms with Gasteiger partial charge in [0.1, 0.15) is 13.1 Å². The number of nitrogens with zero attached hydrogens (tertiary/aromatic N) is 2. The minimum Gasteiger partial charge on any atom is -0.390 e. The zero-order valence-corrected chi connectivity index (χ0v) is 17.0. The second kappa shape index (κ2) is 14.5. The number of rotatable bonds is 16. The molecule has 0 bridgehead atoms. The first-order valence-corrected chi connectivity index (χ1v) is 10.9. The first kappa shape index (κ1) is 22.4. The molecule has 1 aliphatic rings. The molecule has 0 fully saturated rings. The molecule has 0 saturated heterocycles. The van der Waals surface area contributed by atoms with Crippen LogP contribution in [-0.2, 0) is 0 Å². The molecular formula is C22H43N2O+. The Morgan fingerprint density at radius 2 is 1.56 bits per heavy atom. The van der Waals surface area contributed by atoms with Crippen LogP contribution in [0.3, 0.4) is 0 Å². The average Bonchev–Trinajstić information content (AvgIpc) is 3.02. The van der Waals surface area contributed by atoms with E-state index in [-0.39, 0.29) is 6.61 Å². The Morgan fingerprint density at radius 3 is 2.16 bits per heavy atom. The van der Waals surface area contributed by atoms with Crippen LogP contribution in [-0.4, -0.2) is 48.2 Å². The third-order valence-electron chi connectivity index (χ3n) is 5.67. The number of allylic oxidation sites excluding steroid dienone is 2. The molecule has 25 heavy (non-hydrogen) atoms. The molecule has 3 heteroatoms. The summed E-state index contributed by atoms with van der Waals surface area (Å²) in [4.78, 5) is 4.74. The molecule has 1 heterocycles. The van der Waals surface area contributed by atoms with E-state index >= 15 is 0 Å². The number of unbranched alkanes of at least 4 members (excludes halogenated alkanes) is 9. The monoisotopic (exact) mass is 351 g/mol. The Morgan fingerprint density at radius 1 is 0.920 bits per heavy atom. The molecular weight excluding hydrogens is 308 g/mol. The first-order valence-electron chi connectivity index (χ1n) is 10.9. The smallest absolute Gasteiger partial charge is 0.198 e. The van der Waals surface area contributed by atoms with Gasteiger partial charge in [0, 0.05) is 6.42 Å². The van der Waals surface area contributed by atoms with Gasteiger partial charge in [-0.15, -0.1) is 0 Å². The molecule has 146 valence electrons. The molecule has 0 saturated carbocycles. The number of likely N-dealkylation sites (N-methyl/N-ethyl adjacent to an activating group) is 1. The van der Waals surface area contributed by atoms with Crippen molar-refractivity contribution in [3.63, 3.8) is 0 Å². The van der Waals surface area contributed by atoms with Crippen molar-refractivity contribution in [1.29, 1.82) is 0 Å². The number of amidine groups is 1. The van der Waals surface area contributed by atoms with Gasteiger partial charge in [0.15, 0.2) is 5.84 Å². The summed E-state index contributed by atoms with van der Waals surface area (Å²) in [5.74, 6) is 1.35. The average molecular weight is 352 g/mol. The highest BCUT2D eigenvalue weighted by molar-refractivity contribution is 5.76. The number of hydrogen-bond donors (Lipinski definition) is 1. The van der Waals surface area contributed by atoms with Gasteiger partial charge < -0.3 is 5.11 Å². The molecule has 0 amide bonds. The van der Waals surface area contributed by atoms with Gasteiger partial charge in [0.2, 0.25) is 0 Å². The van der Waals surface area contributed by atoms with Crippen LogP contribution in [0.2, 0.25) is 0 Å². The van der Waals surface area contributed by atoms with Gasteiger partial charge in [-0.3, -0.25) is 4.48 Å². The summed E-state index contributed by atoms with van der Waals surface area (Å²) >= 11 is 0. The van der Waals surface area contributed by atoms with Gasteiger partial charge in [0.05, 0.1) is 19.7 Å². The van der Waals surface area contributed by atoms with E-state index < -0.39 is 0 Å². The lowest BCUT2D eigenvalue weighted by Crippen LogP contribution is -2.52. The fraction of sp³-hybridized carbons (Fsp3) is 0.864. The van der Waals surface area contributed by atoms with Crippen LogP contribution in [0.4, 0.5) is 0 Å². The van der Waals surface area contributed by atoms with Crippen LogP contribution in [0.1, 0.15) is 90.9 Å².